The number of hydrogen-bond acceptors (Lipinski definition) is 10. The van der Waals surface area contributed by atoms with Crippen molar-refractivity contribution in [3.63, 3.8) is 0 Å². The van der Waals surface area contributed by atoms with Gasteiger partial charge in [0.15, 0.2) is 5.75 Å². The van der Waals surface area contributed by atoms with Crippen molar-refractivity contribution in [2.75, 3.05) is 13.7 Å². The zero-order valence-corrected chi connectivity index (χ0v) is 23.1. The van der Waals surface area contributed by atoms with Gasteiger partial charge in [0.25, 0.3) is 5.91 Å². The number of carbonyl (C=O) groups excluding carboxylic acids is 3. The first kappa shape index (κ1) is 27.8. The summed E-state index contributed by atoms with van der Waals surface area (Å²) in [5.41, 5.74) is 4.98. The second-order valence-corrected chi connectivity index (χ2v) is 9.48. The number of pyridine rings is 2. The summed E-state index contributed by atoms with van der Waals surface area (Å²) in [6.45, 7) is -0.154. The molecule has 1 aliphatic heterocycles. The minimum absolute atomic E-state index is 0.0323. The number of methoxy groups -OCH3 is 1. The summed E-state index contributed by atoms with van der Waals surface area (Å²) in [5, 5.41) is 23.1. The van der Waals surface area contributed by atoms with Gasteiger partial charge < -0.3 is 14.6 Å². The van der Waals surface area contributed by atoms with E-state index in [1.807, 2.05) is 6.07 Å². The van der Waals surface area contributed by atoms with Crippen LogP contribution in [0.2, 0.25) is 0 Å². The zero-order chi connectivity index (χ0) is 30.6. The van der Waals surface area contributed by atoms with Crippen molar-refractivity contribution in [1.29, 1.82) is 0 Å². The van der Waals surface area contributed by atoms with Crippen molar-refractivity contribution < 1.29 is 29.0 Å². The topological polar surface area (TPSA) is 168 Å². The predicted octanol–water partition coefficient (Wildman–Crippen LogP) is 3.94. The number of hydrogen-bond donors (Lipinski definition) is 3. The van der Waals surface area contributed by atoms with Crippen molar-refractivity contribution in [3.8, 4) is 23.0 Å². The van der Waals surface area contributed by atoms with Gasteiger partial charge in [0.1, 0.15) is 34.8 Å². The first-order valence-corrected chi connectivity index (χ1v) is 13.2. The number of nitrogens with one attached hydrogen (secondary N) is 2. The van der Waals surface area contributed by atoms with Crippen LogP contribution in [0.15, 0.2) is 89.3 Å². The third-order valence-electron chi connectivity index (χ3n) is 6.66. The lowest BCUT2D eigenvalue weighted by atomic mass is 10.1. The van der Waals surface area contributed by atoms with Crippen LogP contribution in [0.3, 0.4) is 0 Å². The van der Waals surface area contributed by atoms with E-state index < -0.39 is 17.8 Å². The number of nitrogens with zero attached hydrogens (tertiary/aromatic N) is 5. The molecule has 1 aliphatic rings. The highest BCUT2D eigenvalue weighted by Crippen LogP contribution is 2.33. The van der Waals surface area contributed by atoms with E-state index in [4.69, 9.17) is 9.47 Å². The highest BCUT2D eigenvalue weighted by Gasteiger charge is 2.26. The van der Waals surface area contributed by atoms with Crippen molar-refractivity contribution in [2.45, 2.75) is 0 Å². The second kappa shape index (κ2) is 11.9. The SMILES string of the molecule is COc1ccc(C(=O)N/N=C/c2ccc(O)c3ncc(Oc4ccc(/C=N/N5CC(=O)NC5=O)c5cccnc45)cc23)cc1. The summed E-state index contributed by atoms with van der Waals surface area (Å²) in [6.07, 6.45) is 6.02. The Kier molecular flexibility index (Phi) is 7.49. The molecule has 5 aromatic rings. The van der Waals surface area contributed by atoms with Crippen LogP contribution in [-0.2, 0) is 4.79 Å². The van der Waals surface area contributed by atoms with E-state index in [9.17, 15) is 19.5 Å². The lowest BCUT2D eigenvalue weighted by Crippen LogP contribution is -2.24. The Morgan fingerprint density at radius 2 is 1.77 bits per heavy atom. The van der Waals surface area contributed by atoms with Crippen LogP contribution in [0.4, 0.5) is 4.79 Å². The largest absolute Gasteiger partial charge is 0.506 e. The molecule has 3 aromatic carbocycles. The molecule has 0 bridgehead atoms. The molecule has 1 fully saturated rings. The number of aromatic nitrogens is 2. The molecular weight excluding hydrogens is 566 g/mol. The molecule has 1 saturated heterocycles. The standard InChI is InChI=1S/C31H23N7O6/c1-43-21-8-4-18(5-9-21)30(41)37-34-14-19-6-10-25(39)28-24(19)13-22(16-33-28)44-26-11-7-20(23-3-2-12-32-29(23)26)15-35-38-17-27(40)36-31(38)42/h2-16,39H,17H2,1H3,(H,37,41)(H,36,40,42)/b34-14+,35-15+. The molecule has 0 saturated carbocycles. The number of imide groups is 1. The molecule has 13 heteroatoms. The molecule has 3 heterocycles. The lowest BCUT2D eigenvalue weighted by Gasteiger charge is -2.12. The van der Waals surface area contributed by atoms with Gasteiger partial charge in [-0.25, -0.2) is 20.2 Å². The van der Waals surface area contributed by atoms with Gasteiger partial charge in [0.2, 0.25) is 5.91 Å². The molecule has 0 aliphatic carbocycles. The van der Waals surface area contributed by atoms with Crippen molar-refractivity contribution in [1.82, 2.24) is 25.7 Å². The Bertz CT molecular complexity index is 1990. The smallest absolute Gasteiger partial charge is 0.344 e. The molecule has 44 heavy (non-hydrogen) atoms. The van der Waals surface area contributed by atoms with E-state index in [1.165, 1.54) is 24.7 Å². The van der Waals surface area contributed by atoms with Gasteiger partial charge in [-0.3, -0.25) is 19.9 Å². The van der Waals surface area contributed by atoms with E-state index in [-0.39, 0.29) is 12.3 Å². The summed E-state index contributed by atoms with van der Waals surface area (Å²) in [7, 11) is 1.54. The molecule has 4 amide bonds. The summed E-state index contributed by atoms with van der Waals surface area (Å²) < 4.78 is 11.3. The predicted molar refractivity (Wildman–Crippen MR) is 161 cm³/mol. The van der Waals surface area contributed by atoms with E-state index >= 15 is 0 Å². The van der Waals surface area contributed by atoms with Gasteiger partial charge in [-0.05, 0) is 60.7 Å². The number of urea groups is 1. The van der Waals surface area contributed by atoms with Crippen LogP contribution < -0.4 is 20.2 Å². The van der Waals surface area contributed by atoms with E-state index in [1.54, 1.807) is 67.9 Å². The maximum atomic E-state index is 12.5. The molecular formula is C31H23N7O6. The first-order valence-electron chi connectivity index (χ1n) is 13.2. The van der Waals surface area contributed by atoms with Crippen LogP contribution in [0, 0.1) is 0 Å². The molecule has 0 radical (unpaired) electrons. The van der Waals surface area contributed by atoms with Gasteiger partial charge in [0.05, 0.1) is 25.7 Å². The summed E-state index contributed by atoms with van der Waals surface area (Å²) in [6, 6.07) is 17.9. The van der Waals surface area contributed by atoms with Crippen LogP contribution in [0.1, 0.15) is 21.5 Å². The molecule has 13 nitrogen and oxygen atoms in total. The monoisotopic (exact) mass is 589 g/mol. The average molecular weight is 590 g/mol. The molecule has 0 unspecified atom stereocenters. The fourth-order valence-electron chi connectivity index (χ4n) is 4.49. The number of rotatable bonds is 8. The lowest BCUT2D eigenvalue weighted by molar-refractivity contribution is -0.118. The second-order valence-electron chi connectivity index (χ2n) is 9.48. The zero-order valence-electron chi connectivity index (χ0n) is 23.1. The molecule has 2 aromatic heterocycles. The average Bonchev–Trinajstić information content (AvgIpc) is 3.37. The van der Waals surface area contributed by atoms with Gasteiger partial charge in [-0.2, -0.15) is 10.2 Å². The van der Waals surface area contributed by atoms with Crippen molar-refractivity contribution in [2.24, 2.45) is 10.2 Å². The van der Waals surface area contributed by atoms with Crippen LogP contribution in [0.5, 0.6) is 23.0 Å². The minimum Gasteiger partial charge on any atom is -0.506 e. The number of carbonyl (C=O) groups is 3. The first-order chi connectivity index (χ1) is 21.4. The van der Waals surface area contributed by atoms with Crippen molar-refractivity contribution in [3.05, 3.63) is 95.8 Å². The van der Waals surface area contributed by atoms with E-state index in [0.29, 0.717) is 55.7 Å². The molecule has 0 spiro atoms. The van der Waals surface area contributed by atoms with Crippen molar-refractivity contribution >= 4 is 52.1 Å². The quantitative estimate of drug-likeness (QED) is 0.139. The Hall–Kier alpha value is -6.37. The number of hydrazone groups is 2. The normalized spacial score (nSPS) is 13.2. The maximum Gasteiger partial charge on any atom is 0.344 e. The molecule has 218 valence electrons. The number of ether oxygens (including phenoxy) is 2. The Morgan fingerprint density at radius 1 is 0.977 bits per heavy atom. The van der Waals surface area contributed by atoms with Gasteiger partial charge in [-0.1, -0.05) is 6.07 Å². The highest BCUT2D eigenvalue weighted by atomic mass is 16.5. The fourth-order valence-corrected chi connectivity index (χ4v) is 4.49. The molecule has 3 N–H and O–H groups in total. The molecule has 6 rings (SSSR count). The van der Waals surface area contributed by atoms with Gasteiger partial charge in [-0.15, -0.1) is 0 Å². The highest BCUT2D eigenvalue weighted by molar-refractivity contribution is 6.04. The van der Waals surface area contributed by atoms with Crippen LogP contribution >= 0.6 is 0 Å². The minimum atomic E-state index is -0.590. The fraction of sp³-hybridized carbons (Fsp3) is 0.0645. The summed E-state index contributed by atoms with van der Waals surface area (Å²) in [4.78, 5) is 44.6. The number of fused-ring (bicyclic) bond motifs is 2. The van der Waals surface area contributed by atoms with E-state index in [0.717, 1.165) is 5.01 Å². The summed E-state index contributed by atoms with van der Waals surface area (Å²) >= 11 is 0. The van der Waals surface area contributed by atoms with Gasteiger partial charge >= 0.3 is 6.03 Å². The Morgan fingerprint density at radius 3 is 2.55 bits per heavy atom. The number of amides is 4. The summed E-state index contributed by atoms with van der Waals surface area (Å²) in [5.74, 6) is 0.559. The maximum absolute atomic E-state index is 12.5. The molecule has 0 atom stereocenters. The third-order valence-corrected chi connectivity index (χ3v) is 6.66. The van der Waals surface area contributed by atoms with E-state index in [2.05, 4.69) is 30.9 Å². The third kappa shape index (κ3) is 5.69. The van der Waals surface area contributed by atoms with Gasteiger partial charge in [0, 0.05) is 33.7 Å². The van der Waals surface area contributed by atoms with Crippen LogP contribution in [-0.4, -0.2) is 64.0 Å². The number of phenolic OH excluding ortho intramolecular Hbond substituents is 1. The Balaban J connectivity index is 1.26. The number of benzene rings is 3. The Labute approximate surface area is 249 Å². The number of aromatic hydroxyl groups is 1. The van der Waals surface area contributed by atoms with Crippen LogP contribution in [0.25, 0.3) is 21.8 Å². The number of phenols is 1.